The molecule has 0 amide bonds. The zero-order valence-electron chi connectivity index (χ0n) is 12.6. The van der Waals surface area contributed by atoms with Crippen LogP contribution in [0.2, 0.25) is 0 Å². The molecule has 0 unspecified atom stereocenters. The van der Waals surface area contributed by atoms with E-state index in [0.717, 1.165) is 19.3 Å². The largest absolute Gasteiger partial charge is 0.481 e. The number of hydrogen-bond donors (Lipinski definition) is 2. The lowest BCUT2D eigenvalue weighted by atomic mass is 9.83. The second-order valence-corrected chi connectivity index (χ2v) is 6.19. The van der Waals surface area contributed by atoms with Gasteiger partial charge in [-0.1, -0.05) is 51.9 Å². The second kappa shape index (κ2) is 9.11. The molecule has 0 aliphatic heterocycles. The number of hydrogen-bond acceptors (Lipinski definition) is 3. The molecule has 0 heterocycles. The first-order chi connectivity index (χ1) is 9.54. The number of aliphatic carboxylic acids is 1. The fraction of sp³-hybridized carbons (Fsp3) is 0.875. The van der Waals surface area contributed by atoms with E-state index in [1.807, 2.05) is 6.92 Å². The van der Waals surface area contributed by atoms with Crippen molar-refractivity contribution in [2.45, 2.75) is 77.2 Å². The van der Waals surface area contributed by atoms with Crippen molar-refractivity contribution in [1.82, 2.24) is 0 Å². The van der Waals surface area contributed by atoms with Gasteiger partial charge in [0.2, 0.25) is 0 Å². The molecule has 116 valence electrons. The zero-order chi connectivity index (χ0) is 15.0. The van der Waals surface area contributed by atoms with E-state index < -0.39 is 17.9 Å². The molecule has 3 N–H and O–H groups in total. The molecule has 0 radical (unpaired) electrons. The Kier molecular flexibility index (Phi) is 7.82. The number of nitrogens with two attached hydrogens (primary N) is 1. The van der Waals surface area contributed by atoms with Gasteiger partial charge in [0.15, 0.2) is 0 Å². The predicted molar refractivity (Wildman–Crippen MR) is 79.4 cm³/mol. The number of carboxylic acids is 1. The minimum absolute atomic E-state index is 0.0703. The van der Waals surface area contributed by atoms with Crippen molar-refractivity contribution in [2.75, 3.05) is 0 Å². The molecule has 1 fully saturated rings. The van der Waals surface area contributed by atoms with Crippen LogP contribution >= 0.6 is 0 Å². The van der Waals surface area contributed by atoms with Crippen LogP contribution in [-0.2, 0) is 9.59 Å². The molecule has 0 aromatic heterocycles. The number of carbonyl (C=O) groups is 2. The SMILES string of the molecule is CCCC[C@H](CC(=O)[C@@H](N)CC1CCCCC1)C(=O)O. The van der Waals surface area contributed by atoms with Crippen LogP contribution in [-0.4, -0.2) is 22.9 Å². The van der Waals surface area contributed by atoms with Gasteiger partial charge in [0, 0.05) is 6.42 Å². The van der Waals surface area contributed by atoms with Crippen LogP contribution in [0.4, 0.5) is 0 Å². The standard InChI is InChI=1S/C16H29NO3/c1-2-3-9-13(16(19)20)11-15(18)14(17)10-12-7-5-4-6-8-12/h12-14H,2-11,17H2,1H3,(H,19,20)/t13-,14+/m1/s1. The average Bonchev–Trinajstić information content (AvgIpc) is 2.43. The number of carboxylic acid groups (broad SMARTS) is 1. The molecule has 4 nitrogen and oxygen atoms in total. The quantitative estimate of drug-likeness (QED) is 0.681. The summed E-state index contributed by atoms with van der Waals surface area (Å²) in [6, 6.07) is -0.471. The highest BCUT2D eigenvalue weighted by Crippen LogP contribution is 2.27. The zero-order valence-corrected chi connectivity index (χ0v) is 12.6. The van der Waals surface area contributed by atoms with Crippen LogP contribution in [0.1, 0.15) is 71.1 Å². The number of Topliss-reactive ketones (excluding diaryl/α,β-unsaturated/α-hetero) is 1. The summed E-state index contributed by atoms with van der Waals surface area (Å²) in [5.41, 5.74) is 5.98. The van der Waals surface area contributed by atoms with Crippen molar-refractivity contribution < 1.29 is 14.7 Å². The van der Waals surface area contributed by atoms with Crippen LogP contribution in [0, 0.1) is 11.8 Å². The van der Waals surface area contributed by atoms with Crippen LogP contribution in [0.3, 0.4) is 0 Å². The van der Waals surface area contributed by atoms with E-state index in [1.165, 1.54) is 32.1 Å². The van der Waals surface area contributed by atoms with Crippen LogP contribution in [0.25, 0.3) is 0 Å². The van der Waals surface area contributed by atoms with Gasteiger partial charge in [-0.05, 0) is 18.8 Å². The van der Waals surface area contributed by atoms with Crippen molar-refractivity contribution >= 4 is 11.8 Å². The second-order valence-electron chi connectivity index (χ2n) is 6.19. The molecule has 2 atom stereocenters. The summed E-state index contributed by atoms with van der Waals surface area (Å²) in [5, 5.41) is 9.16. The number of ketones is 1. The molecule has 0 saturated heterocycles. The first kappa shape index (κ1) is 17.2. The Morgan fingerprint density at radius 2 is 1.90 bits per heavy atom. The molecule has 0 aromatic rings. The smallest absolute Gasteiger partial charge is 0.306 e. The Morgan fingerprint density at radius 3 is 2.45 bits per heavy atom. The Hall–Kier alpha value is -0.900. The molecule has 1 aliphatic carbocycles. The molecule has 0 spiro atoms. The highest BCUT2D eigenvalue weighted by molar-refractivity contribution is 5.87. The van der Waals surface area contributed by atoms with E-state index in [9.17, 15) is 9.59 Å². The van der Waals surface area contributed by atoms with E-state index in [0.29, 0.717) is 12.3 Å². The predicted octanol–water partition coefficient (Wildman–Crippen LogP) is 3.13. The van der Waals surface area contributed by atoms with Crippen molar-refractivity contribution in [1.29, 1.82) is 0 Å². The third-order valence-electron chi connectivity index (χ3n) is 4.43. The van der Waals surface area contributed by atoms with Crippen molar-refractivity contribution in [2.24, 2.45) is 17.6 Å². The maximum absolute atomic E-state index is 12.1. The van der Waals surface area contributed by atoms with Gasteiger partial charge in [-0.15, -0.1) is 0 Å². The Morgan fingerprint density at radius 1 is 1.25 bits per heavy atom. The van der Waals surface area contributed by atoms with Crippen molar-refractivity contribution in [3.8, 4) is 0 Å². The Labute approximate surface area is 122 Å². The highest BCUT2D eigenvalue weighted by Gasteiger charge is 2.26. The summed E-state index contributed by atoms with van der Waals surface area (Å²) in [6.07, 6.45) is 9.31. The lowest BCUT2D eigenvalue weighted by Crippen LogP contribution is -2.35. The van der Waals surface area contributed by atoms with Gasteiger partial charge >= 0.3 is 5.97 Å². The Bertz CT molecular complexity index is 311. The summed E-state index contributed by atoms with van der Waals surface area (Å²) in [7, 11) is 0. The molecule has 1 saturated carbocycles. The van der Waals surface area contributed by atoms with Gasteiger partial charge in [-0.3, -0.25) is 9.59 Å². The van der Waals surface area contributed by atoms with Gasteiger partial charge in [0.1, 0.15) is 5.78 Å². The normalized spacial score (nSPS) is 19.5. The summed E-state index contributed by atoms with van der Waals surface area (Å²) in [6.45, 7) is 2.02. The molecular weight excluding hydrogens is 254 g/mol. The molecule has 1 aliphatic rings. The van der Waals surface area contributed by atoms with Gasteiger partial charge in [0.05, 0.1) is 12.0 Å². The number of rotatable bonds is 9. The minimum atomic E-state index is -0.864. The molecular formula is C16H29NO3. The van der Waals surface area contributed by atoms with Gasteiger partial charge < -0.3 is 10.8 Å². The first-order valence-electron chi connectivity index (χ1n) is 8.05. The lowest BCUT2D eigenvalue weighted by molar-refractivity contribution is -0.144. The molecule has 4 heteroatoms. The van der Waals surface area contributed by atoms with Gasteiger partial charge in [-0.2, -0.15) is 0 Å². The van der Waals surface area contributed by atoms with E-state index in [2.05, 4.69) is 0 Å². The minimum Gasteiger partial charge on any atom is -0.481 e. The summed E-state index contributed by atoms with van der Waals surface area (Å²) >= 11 is 0. The number of carbonyl (C=O) groups excluding carboxylic acids is 1. The third-order valence-corrected chi connectivity index (χ3v) is 4.43. The van der Waals surface area contributed by atoms with Gasteiger partial charge in [-0.25, -0.2) is 0 Å². The van der Waals surface area contributed by atoms with E-state index >= 15 is 0 Å². The average molecular weight is 283 g/mol. The van der Waals surface area contributed by atoms with Crippen LogP contribution in [0.15, 0.2) is 0 Å². The third kappa shape index (κ3) is 6.04. The first-order valence-corrected chi connectivity index (χ1v) is 8.05. The molecule has 0 bridgehead atoms. The van der Waals surface area contributed by atoms with E-state index in [1.54, 1.807) is 0 Å². The Balaban J connectivity index is 2.39. The fourth-order valence-corrected chi connectivity index (χ4v) is 3.07. The van der Waals surface area contributed by atoms with Crippen LogP contribution in [0.5, 0.6) is 0 Å². The van der Waals surface area contributed by atoms with E-state index in [-0.39, 0.29) is 12.2 Å². The number of unbranched alkanes of at least 4 members (excludes halogenated alkanes) is 1. The van der Waals surface area contributed by atoms with E-state index in [4.69, 9.17) is 10.8 Å². The monoisotopic (exact) mass is 283 g/mol. The topological polar surface area (TPSA) is 80.4 Å². The maximum Gasteiger partial charge on any atom is 0.306 e. The van der Waals surface area contributed by atoms with Crippen molar-refractivity contribution in [3.63, 3.8) is 0 Å². The van der Waals surface area contributed by atoms with Crippen molar-refractivity contribution in [3.05, 3.63) is 0 Å². The van der Waals surface area contributed by atoms with Crippen LogP contribution < -0.4 is 5.73 Å². The summed E-state index contributed by atoms with van der Waals surface area (Å²) < 4.78 is 0. The molecule has 0 aromatic carbocycles. The van der Waals surface area contributed by atoms with Gasteiger partial charge in [0.25, 0.3) is 0 Å². The maximum atomic E-state index is 12.1. The summed E-state index contributed by atoms with van der Waals surface area (Å²) in [4.78, 5) is 23.3. The summed E-state index contributed by atoms with van der Waals surface area (Å²) in [5.74, 6) is -0.933. The molecule has 1 rings (SSSR count). The fourth-order valence-electron chi connectivity index (χ4n) is 3.07. The molecule has 20 heavy (non-hydrogen) atoms. The highest BCUT2D eigenvalue weighted by atomic mass is 16.4. The lowest BCUT2D eigenvalue weighted by Gasteiger charge is -2.24.